The molecule has 5 rings (SSSR count). The van der Waals surface area contributed by atoms with E-state index in [1.807, 2.05) is 36.4 Å². The van der Waals surface area contributed by atoms with Crippen LogP contribution in [0.1, 0.15) is 18.4 Å². The van der Waals surface area contributed by atoms with Gasteiger partial charge in [0.15, 0.2) is 22.9 Å². The Kier molecular flexibility index (Phi) is 5.13. The van der Waals surface area contributed by atoms with Gasteiger partial charge in [-0.05, 0) is 31.5 Å². The van der Waals surface area contributed by atoms with Gasteiger partial charge in [0, 0.05) is 24.1 Å². The highest BCUT2D eigenvalue weighted by atomic mass is 32.2. The van der Waals surface area contributed by atoms with Gasteiger partial charge in [-0.15, -0.1) is 10.2 Å². The summed E-state index contributed by atoms with van der Waals surface area (Å²) in [5.41, 5.74) is 1.17. The Morgan fingerprint density at radius 1 is 1.06 bits per heavy atom. The van der Waals surface area contributed by atoms with Crippen LogP contribution in [0.25, 0.3) is 22.8 Å². The molecule has 2 fully saturated rings. The van der Waals surface area contributed by atoms with Crippen molar-refractivity contribution in [2.24, 2.45) is 0 Å². The van der Waals surface area contributed by atoms with Crippen molar-refractivity contribution in [2.75, 3.05) is 19.7 Å². The van der Waals surface area contributed by atoms with Crippen LogP contribution in [0.4, 0.5) is 0 Å². The number of sulfone groups is 1. The quantitative estimate of drug-likeness (QED) is 0.642. The predicted molar refractivity (Wildman–Crippen MR) is 115 cm³/mol. The van der Waals surface area contributed by atoms with Crippen molar-refractivity contribution < 1.29 is 17.9 Å². The summed E-state index contributed by atoms with van der Waals surface area (Å²) < 4.78 is 38.6. The van der Waals surface area contributed by atoms with E-state index < -0.39 is 21.1 Å². The number of H-pyrrole nitrogens is 1. The number of aryl methyl sites for hydroxylation is 1. The lowest BCUT2D eigenvalue weighted by molar-refractivity contribution is -0.170. The van der Waals surface area contributed by atoms with Crippen LogP contribution in [-0.4, -0.2) is 54.5 Å². The van der Waals surface area contributed by atoms with Crippen LogP contribution in [0, 0.1) is 6.92 Å². The number of benzene rings is 2. The van der Waals surface area contributed by atoms with Crippen LogP contribution >= 0.6 is 0 Å². The first kappa shape index (κ1) is 20.3. The standard InChI is InChI=1S/C22H24N4O4S/c1-15-8-9-17(21-24-20(25-26-21)16-6-3-2-4-7-16)12-18(15)31(27,28)19-13-29-22(30-19)10-5-11-23-14-22/h2-4,6-9,12,19,23H,5,10-11,13-14H2,1H3,(H,24,25,26). The van der Waals surface area contributed by atoms with E-state index in [9.17, 15) is 8.42 Å². The molecule has 3 aromatic rings. The smallest absolute Gasteiger partial charge is 0.207 e. The van der Waals surface area contributed by atoms with Crippen molar-refractivity contribution in [3.8, 4) is 22.8 Å². The fraction of sp³-hybridized carbons (Fsp3) is 0.364. The lowest BCUT2D eigenvalue weighted by atomic mass is 10.1. The molecule has 3 heterocycles. The zero-order chi connectivity index (χ0) is 21.5. The van der Waals surface area contributed by atoms with E-state index in [4.69, 9.17) is 9.47 Å². The molecular weight excluding hydrogens is 416 g/mol. The lowest BCUT2D eigenvalue weighted by Gasteiger charge is -2.32. The van der Waals surface area contributed by atoms with Gasteiger partial charge in [-0.25, -0.2) is 8.42 Å². The highest BCUT2D eigenvalue weighted by molar-refractivity contribution is 7.92. The zero-order valence-corrected chi connectivity index (χ0v) is 18.0. The van der Waals surface area contributed by atoms with Gasteiger partial charge in [0.25, 0.3) is 0 Å². The Bertz CT molecular complexity index is 1190. The minimum atomic E-state index is -3.76. The highest BCUT2D eigenvalue weighted by Gasteiger charge is 2.47. The zero-order valence-electron chi connectivity index (χ0n) is 17.2. The first-order valence-electron chi connectivity index (χ1n) is 10.3. The first-order valence-corrected chi connectivity index (χ1v) is 11.9. The van der Waals surface area contributed by atoms with Gasteiger partial charge in [0.2, 0.25) is 9.84 Å². The maximum absolute atomic E-state index is 13.4. The molecule has 0 aliphatic carbocycles. The summed E-state index contributed by atoms with van der Waals surface area (Å²) in [7, 11) is -3.76. The summed E-state index contributed by atoms with van der Waals surface area (Å²) in [6, 6.07) is 14.9. The fourth-order valence-electron chi connectivity index (χ4n) is 4.07. The predicted octanol–water partition coefficient (Wildman–Crippen LogP) is 2.67. The monoisotopic (exact) mass is 440 g/mol. The second-order valence-corrected chi connectivity index (χ2v) is 10.0. The molecule has 0 saturated carbocycles. The van der Waals surface area contributed by atoms with Gasteiger partial charge >= 0.3 is 0 Å². The Morgan fingerprint density at radius 2 is 1.84 bits per heavy atom. The first-order chi connectivity index (χ1) is 15.0. The molecule has 1 spiro atoms. The number of hydrogen-bond donors (Lipinski definition) is 2. The lowest BCUT2D eigenvalue weighted by Crippen LogP contribution is -2.47. The minimum absolute atomic E-state index is 0.0220. The van der Waals surface area contributed by atoms with Crippen molar-refractivity contribution in [1.29, 1.82) is 0 Å². The molecule has 2 atom stereocenters. The number of nitrogens with zero attached hydrogens (tertiary/aromatic N) is 2. The number of piperidine rings is 1. The normalized spacial score (nSPS) is 24.0. The minimum Gasteiger partial charge on any atom is -0.345 e. The SMILES string of the molecule is Cc1ccc(-c2nnc(-c3ccccc3)[nH]2)cc1S(=O)(=O)C1COC2(CCCNC2)O1. The summed E-state index contributed by atoms with van der Waals surface area (Å²) in [5.74, 6) is 0.281. The topological polar surface area (TPSA) is 106 Å². The second-order valence-electron chi connectivity index (χ2n) is 7.96. The number of rotatable bonds is 4. The van der Waals surface area contributed by atoms with Gasteiger partial charge in [-0.1, -0.05) is 42.5 Å². The van der Waals surface area contributed by atoms with E-state index in [2.05, 4.69) is 20.5 Å². The molecule has 0 amide bonds. The average Bonchev–Trinajstić information content (AvgIpc) is 3.44. The Hall–Kier alpha value is -2.59. The van der Waals surface area contributed by atoms with Crippen LogP contribution < -0.4 is 5.32 Å². The third-order valence-electron chi connectivity index (χ3n) is 5.78. The Morgan fingerprint density at radius 3 is 2.58 bits per heavy atom. The summed E-state index contributed by atoms with van der Waals surface area (Å²) in [4.78, 5) is 3.40. The van der Waals surface area contributed by atoms with Crippen LogP contribution in [0.2, 0.25) is 0 Å². The van der Waals surface area contributed by atoms with E-state index in [0.717, 1.165) is 18.5 Å². The third kappa shape index (κ3) is 3.78. The molecule has 8 nitrogen and oxygen atoms in total. The van der Waals surface area contributed by atoms with Crippen molar-refractivity contribution in [1.82, 2.24) is 20.5 Å². The Labute approximate surface area is 180 Å². The molecule has 162 valence electrons. The average molecular weight is 441 g/mol. The molecule has 2 N–H and O–H groups in total. The van der Waals surface area contributed by atoms with Crippen LogP contribution in [0.3, 0.4) is 0 Å². The third-order valence-corrected chi connectivity index (χ3v) is 7.76. The number of ether oxygens (including phenoxy) is 2. The molecule has 9 heteroatoms. The molecule has 1 aromatic heterocycles. The fourth-order valence-corrected chi connectivity index (χ4v) is 5.71. The largest absolute Gasteiger partial charge is 0.345 e. The molecule has 2 saturated heterocycles. The molecule has 0 radical (unpaired) electrons. The van der Waals surface area contributed by atoms with Gasteiger partial charge < -0.3 is 19.8 Å². The second kappa shape index (κ2) is 7.83. The molecule has 2 aliphatic rings. The van der Waals surface area contributed by atoms with Crippen molar-refractivity contribution >= 4 is 9.84 Å². The van der Waals surface area contributed by atoms with Gasteiger partial charge in [0.05, 0.1) is 11.5 Å². The van der Waals surface area contributed by atoms with E-state index in [1.54, 1.807) is 19.1 Å². The molecule has 2 unspecified atom stereocenters. The molecule has 2 aromatic carbocycles. The maximum Gasteiger partial charge on any atom is 0.207 e. The van der Waals surface area contributed by atoms with Gasteiger partial charge in [-0.3, -0.25) is 0 Å². The van der Waals surface area contributed by atoms with Gasteiger partial charge in [0.1, 0.15) is 0 Å². The molecular formula is C22H24N4O4S. The highest BCUT2D eigenvalue weighted by Crippen LogP contribution is 2.35. The Balaban J connectivity index is 1.44. The van der Waals surface area contributed by atoms with E-state index in [0.29, 0.717) is 35.7 Å². The molecule has 31 heavy (non-hydrogen) atoms. The summed E-state index contributed by atoms with van der Waals surface area (Å²) >= 11 is 0. The molecule has 2 aliphatic heterocycles. The van der Waals surface area contributed by atoms with E-state index in [1.165, 1.54) is 0 Å². The van der Waals surface area contributed by atoms with Crippen molar-refractivity contribution in [3.05, 3.63) is 54.1 Å². The number of nitrogens with one attached hydrogen (secondary N) is 2. The maximum atomic E-state index is 13.4. The number of hydrogen-bond acceptors (Lipinski definition) is 7. The summed E-state index contributed by atoms with van der Waals surface area (Å²) in [6.07, 6.45) is 1.57. The van der Waals surface area contributed by atoms with Crippen LogP contribution in [0.15, 0.2) is 53.4 Å². The van der Waals surface area contributed by atoms with Crippen molar-refractivity contribution in [2.45, 2.75) is 35.9 Å². The van der Waals surface area contributed by atoms with Gasteiger partial charge in [-0.2, -0.15) is 0 Å². The van der Waals surface area contributed by atoms with E-state index in [-0.39, 0.29) is 11.5 Å². The van der Waals surface area contributed by atoms with E-state index >= 15 is 0 Å². The van der Waals surface area contributed by atoms with Crippen LogP contribution in [0.5, 0.6) is 0 Å². The summed E-state index contributed by atoms with van der Waals surface area (Å²) in [5, 5.41) is 11.6. The molecule has 0 bridgehead atoms. The summed E-state index contributed by atoms with van der Waals surface area (Å²) in [6.45, 7) is 3.18. The van der Waals surface area contributed by atoms with Crippen LogP contribution in [-0.2, 0) is 19.3 Å². The van der Waals surface area contributed by atoms with Crippen molar-refractivity contribution in [3.63, 3.8) is 0 Å². The number of aromatic amines is 1. The number of aromatic nitrogens is 3.